The SMILES string of the molecule is Cc1ccn(C)n1.Cc1ccn(C)n1.Cc1cnn(C)c1.Cc1cnn(C)c1.Cc1coc(C)n1.Cc1coc(C)n1.Cc1csc(C)n1.Cc1csc(C)n1.Cc1ncn(C)n1.Cc1ncn(C)n1.Cc1noc(C)n1.Cc1noc(C)n1. The highest BCUT2D eigenvalue weighted by Crippen LogP contribution is 2.06. The highest BCUT2D eigenvalue weighted by Gasteiger charge is 1.93. The van der Waals surface area contributed by atoms with Crippen LogP contribution in [0.25, 0.3) is 0 Å². The van der Waals surface area contributed by atoms with Crippen molar-refractivity contribution in [2.45, 2.75) is 125 Å². The van der Waals surface area contributed by atoms with Crippen LogP contribution in [-0.4, -0.2) is 109 Å². The summed E-state index contributed by atoms with van der Waals surface area (Å²) in [5.74, 6) is 5.74. The topological polar surface area (TPSA) is 288 Å². The van der Waals surface area contributed by atoms with Gasteiger partial charge in [0.1, 0.15) is 36.8 Å². The van der Waals surface area contributed by atoms with E-state index >= 15 is 0 Å². The third-order valence-electron chi connectivity index (χ3n) is 8.98. The summed E-state index contributed by atoms with van der Waals surface area (Å²) in [6.45, 7) is 34.3. The molecule has 0 aliphatic carbocycles. The minimum absolute atomic E-state index is 0.623. The Balaban J connectivity index is 0.000000458. The minimum atomic E-state index is 0.623. The first-order chi connectivity index (χ1) is 39.5. The van der Waals surface area contributed by atoms with Crippen LogP contribution in [0.3, 0.4) is 0 Å². The van der Waals surface area contributed by atoms with Crippen molar-refractivity contribution in [2.75, 3.05) is 0 Å². The Morgan fingerprint density at radius 1 is 0.357 bits per heavy atom. The molecular formula is C56H86N22O4S2. The highest BCUT2D eigenvalue weighted by molar-refractivity contribution is 7.09. The fourth-order valence-electron chi connectivity index (χ4n) is 5.73. The van der Waals surface area contributed by atoms with Gasteiger partial charge in [-0.3, -0.25) is 28.1 Å². The fraction of sp³-hybridized carbons (Fsp3) is 0.429. The van der Waals surface area contributed by atoms with Crippen molar-refractivity contribution >= 4 is 22.7 Å². The molecule has 0 amide bonds. The number of nitrogens with zero attached hydrogens (tertiary/aromatic N) is 22. The third kappa shape index (κ3) is 38.7. The third-order valence-corrected chi connectivity index (χ3v) is 10.8. The second-order valence-corrected chi connectivity index (χ2v) is 20.5. The Labute approximate surface area is 501 Å². The van der Waals surface area contributed by atoms with Crippen LogP contribution in [0.4, 0.5) is 0 Å². The van der Waals surface area contributed by atoms with E-state index < -0.39 is 0 Å². The second-order valence-electron chi connectivity index (χ2n) is 18.3. The molecule has 28 heteroatoms. The molecule has 0 aromatic carbocycles. The van der Waals surface area contributed by atoms with Crippen LogP contribution in [0.1, 0.15) is 102 Å². The van der Waals surface area contributed by atoms with E-state index in [4.69, 9.17) is 8.83 Å². The summed E-state index contributed by atoms with van der Waals surface area (Å²) >= 11 is 3.39. The van der Waals surface area contributed by atoms with Gasteiger partial charge in [-0.2, -0.15) is 40.6 Å². The van der Waals surface area contributed by atoms with Crippen LogP contribution in [0.5, 0.6) is 0 Å². The molecule has 0 aliphatic rings. The smallest absolute Gasteiger partial charge is 0.223 e. The van der Waals surface area contributed by atoms with Crippen LogP contribution in [0.2, 0.25) is 0 Å². The van der Waals surface area contributed by atoms with Gasteiger partial charge in [0, 0.05) is 117 Å². The summed E-state index contributed by atoms with van der Waals surface area (Å²) in [5.41, 5.74) is 8.70. The zero-order valence-corrected chi connectivity index (χ0v) is 55.0. The lowest BCUT2D eigenvalue weighted by Crippen LogP contribution is -1.86. The number of aryl methyl sites for hydroxylation is 24. The number of aromatic nitrogens is 22. The molecule has 456 valence electrons. The van der Waals surface area contributed by atoms with Crippen molar-refractivity contribution in [3.05, 3.63) is 187 Å². The van der Waals surface area contributed by atoms with Crippen LogP contribution >= 0.6 is 22.7 Å². The summed E-state index contributed by atoms with van der Waals surface area (Å²) < 4.78 is 29.4. The van der Waals surface area contributed by atoms with Crippen molar-refractivity contribution in [3.63, 3.8) is 0 Å². The lowest BCUT2D eigenvalue weighted by atomic mass is 10.4. The van der Waals surface area contributed by atoms with Gasteiger partial charge in [-0.05, 0) is 120 Å². The molecule has 12 rings (SSSR count). The molecule has 12 aromatic heterocycles. The maximum atomic E-state index is 4.85. The van der Waals surface area contributed by atoms with E-state index in [-0.39, 0.29) is 0 Å². The predicted molar refractivity (Wildman–Crippen MR) is 326 cm³/mol. The molecular weight excluding hydrogens is 1110 g/mol. The van der Waals surface area contributed by atoms with E-state index in [1.165, 1.54) is 11.1 Å². The van der Waals surface area contributed by atoms with Gasteiger partial charge in [0.15, 0.2) is 23.4 Å². The zero-order valence-electron chi connectivity index (χ0n) is 53.4. The number of hydrogen-bond acceptors (Lipinski definition) is 22. The van der Waals surface area contributed by atoms with Crippen LogP contribution < -0.4 is 0 Å². The van der Waals surface area contributed by atoms with Gasteiger partial charge in [0.2, 0.25) is 11.8 Å². The van der Waals surface area contributed by atoms with Crippen molar-refractivity contribution in [2.24, 2.45) is 42.3 Å². The average molecular weight is 1200 g/mol. The van der Waals surface area contributed by atoms with Crippen molar-refractivity contribution in [3.8, 4) is 0 Å². The Kier molecular flexibility index (Phi) is 35.1. The molecule has 84 heavy (non-hydrogen) atoms. The average Bonchev–Trinajstić information content (AvgIpc) is 4.22. The van der Waals surface area contributed by atoms with Gasteiger partial charge in [0.05, 0.1) is 45.2 Å². The van der Waals surface area contributed by atoms with E-state index in [0.29, 0.717) is 23.4 Å². The molecule has 0 bridgehead atoms. The van der Waals surface area contributed by atoms with E-state index in [1.807, 2.05) is 189 Å². The summed E-state index contributed by atoms with van der Waals surface area (Å²) in [7, 11) is 11.3. The molecule has 0 aliphatic heterocycles. The molecule has 0 N–H and O–H groups in total. The van der Waals surface area contributed by atoms with Crippen molar-refractivity contribution < 1.29 is 17.9 Å². The normalized spacial score (nSPS) is 9.43. The van der Waals surface area contributed by atoms with Gasteiger partial charge in [-0.1, -0.05) is 10.3 Å². The number of hydrogen-bond donors (Lipinski definition) is 0. The fourth-order valence-corrected chi connectivity index (χ4v) is 6.91. The first-order valence-electron chi connectivity index (χ1n) is 26.0. The van der Waals surface area contributed by atoms with Gasteiger partial charge in [0.25, 0.3) is 0 Å². The maximum Gasteiger partial charge on any atom is 0.223 e. The molecule has 26 nitrogen and oxygen atoms in total. The van der Waals surface area contributed by atoms with Crippen LogP contribution in [-0.2, 0) is 42.3 Å². The number of oxazole rings is 2. The summed E-state index contributed by atoms with van der Waals surface area (Å²) in [6, 6.07) is 3.94. The molecule has 12 aromatic rings. The summed E-state index contributed by atoms with van der Waals surface area (Å²) in [4.78, 5) is 31.6. The molecule has 0 atom stereocenters. The molecule has 0 spiro atoms. The first kappa shape index (κ1) is 73.1. The molecule has 0 radical (unpaired) electrons. The summed E-state index contributed by atoms with van der Waals surface area (Å²) in [5, 5.41) is 37.2. The monoisotopic (exact) mass is 1190 g/mol. The van der Waals surface area contributed by atoms with Gasteiger partial charge >= 0.3 is 0 Å². The lowest BCUT2D eigenvalue weighted by molar-refractivity contribution is 0.389. The highest BCUT2D eigenvalue weighted by atomic mass is 32.1. The Bertz CT molecular complexity index is 2510. The second kappa shape index (κ2) is 40.3. The zero-order chi connectivity index (χ0) is 63.3. The van der Waals surface area contributed by atoms with E-state index in [1.54, 1.807) is 104 Å². The number of thiazole rings is 2. The Morgan fingerprint density at radius 2 is 0.714 bits per heavy atom. The van der Waals surface area contributed by atoms with Crippen molar-refractivity contribution in [1.29, 1.82) is 0 Å². The Morgan fingerprint density at radius 3 is 0.786 bits per heavy atom. The first-order valence-corrected chi connectivity index (χ1v) is 27.8. The molecule has 12 heterocycles. The molecule has 0 saturated carbocycles. The maximum absolute atomic E-state index is 4.85. The lowest BCUT2D eigenvalue weighted by Gasteiger charge is -1.79. The molecule has 0 fully saturated rings. The van der Waals surface area contributed by atoms with E-state index in [0.717, 1.165) is 67.6 Å². The standard InChI is InChI=1S/4C5H8N2.2C5H7NO.2C5H7NS.2C4H7N3.2C4H6N2O/c2*1-5-3-6-7(2)4-5;2*1-5-3-4-7(2)6-5;4*1-4-3-7-5(2)6-4;2*1-4-5-3-7(2)6-4;2*1-3-5-4(2)7-6-3/h4*3-4H,1-2H3;6*3H,1-2H3;2*1-2H3. The van der Waals surface area contributed by atoms with E-state index in [9.17, 15) is 0 Å². The van der Waals surface area contributed by atoms with Crippen molar-refractivity contribution in [1.82, 2.24) is 109 Å². The quantitative estimate of drug-likeness (QED) is 0.136. The van der Waals surface area contributed by atoms with Gasteiger partial charge in [-0.15, -0.1) is 22.7 Å². The molecule has 0 unspecified atom stereocenters. The van der Waals surface area contributed by atoms with Gasteiger partial charge in [-0.25, -0.2) is 29.9 Å². The van der Waals surface area contributed by atoms with Crippen LogP contribution in [0, 0.1) is 125 Å². The van der Waals surface area contributed by atoms with Gasteiger partial charge < -0.3 is 17.9 Å². The molecule has 0 saturated heterocycles. The van der Waals surface area contributed by atoms with E-state index in [2.05, 4.69) is 101 Å². The largest absolute Gasteiger partial charge is 0.449 e. The van der Waals surface area contributed by atoms with Crippen LogP contribution in [0.15, 0.2) is 103 Å². The minimum Gasteiger partial charge on any atom is -0.449 e. The summed E-state index contributed by atoms with van der Waals surface area (Å²) in [6.07, 6.45) is 18.1. The predicted octanol–water partition coefficient (Wildman–Crippen LogP) is 10.6. The Hall–Kier alpha value is -8.92. The number of rotatable bonds is 0.